The second kappa shape index (κ2) is 9.42. The lowest BCUT2D eigenvalue weighted by molar-refractivity contribution is -0.115. The summed E-state index contributed by atoms with van der Waals surface area (Å²) in [6.07, 6.45) is 3.04. The Labute approximate surface area is 178 Å². The third kappa shape index (κ3) is 4.98. The summed E-state index contributed by atoms with van der Waals surface area (Å²) in [5, 5.41) is 13.3. The summed E-state index contributed by atoms with van der Waals surface area (Å²) < 4.78 is 4.96. The van der Waals surface area contributed by atoms with Crippen LogP contribution in [-0.2, 0) is 22.4 Å². The Morgan fingerprint density at radius 1 is 1.45 bits per heavy atom. The fourth-order valence-corrected chi connectivity index (χ4v) is 5.69. The number of methoxy groups -OCH3 is 1. The number of hydrogen-bond donors (Lipinski definition) is 1. The van der Waals surface area contributed by atoms with Gasteiger partial charge < -0.3 is 10.1 Å². The van der Waals surface area contributed by atoms with Crippen molar-refractivity contribution in [1.29, 1.82) is 5.26 Å². The number of aryl methyl sites for hydroxylation is 1. The van der Waals surface area contributed by atoms with Crippen molar-refractivity contribution in [3.8, 4) is 6.07 Å². The summed E-state index contributed by atoms with van der Waals surface area (Å²) in [5.41, 5.74) is 2.87. The molecule has 1 N–H and O–H groups in total. The van der Waals surface area contributed by atoms with Gasteiger partial charge >= 0.3 is 5.97 Å². The van der Waals surface area contributed by atoms with E-state index < -0.39 is 5.97 Å². The van der Waals surface area contributed by atoms with Gasteiger partial charge in [0.2, 0.25) is 5.91 Å². The maximum atomic E-state index is 12.5. The molecule has 1 aliphatic rings. The van der Waals surface area contributed by atoms with Crippen molar-refractivity contribution in [3.05, 3.63) is 39.4 Å². The van der Waals surface area contributed by atoms with Crippen LogP contribution in [0.3, 0.4) is 0 Å². The fourth-order valence-electron chi connectivity index (χ4n) is 3.31. The first-order valence-corrected chi connectivity index (χ1v) is 11.3. The number of rotatable bonds is 6. The lowest BCUT2D eigenvalue weighted by Crippen LogP contribution is -2.16. The highest BCUT2D eigenvalue weighted by Crippen LogP contribution is 2.40. The Hall–Kier alpha value is -2.37. The fraction of sp³-hybridized carbons (Fsp3) is 0.429. The van der Waals surface area contributed by atoms with Crippen molar-refractivity contribution in [2.75, 3.05) is 18.2 Å². The Morgan fingerprint density at radius 3 is 2.97 bits per heavy atom. The minimum Gasteiger partial charge on any atom is -0.465 e. The molecule has 0 fully saturated rings. The molecule has 1 aliphatic carbocycles. The molecule has 0 saturated carbocycles. The van der Waals surface area contributed by atoms with Crippen LogP contribution in [-0.4, -0.2) is 29.7 Å². The Balaban J connectivity index is 1.67. The molecule has 0 aliphatic heterocycles. The highest BCUT2D eigenvalue weighted by Gasteiger charge is 2.28. The van der Waals surface area contributed by atoms with E-state index in [2.05, 4.69) is 23.3 Å². The number of thiophene rings is 1. The number of esters is 1. The third-order valence-electron chi connectivity index (χ3n) is 4.84. The SMILES string of the molecule is COC(=O)c1c(NC(=O)CCSc2nc(C)ccc2C#N)sc2c1CCC(C)C2. The molecule has 1 atom stereocenters. The lowest BCUT2D eigenvalue weighted by Gasteiger charge is -2.18. The number of hydrogen-bond acceptors (Lipinski definition) is 7. The molecule has 0 radical (unpaired) electrons. The van der Waals surface area contributed by atoms with Crippen LogP contribution in [0.5, 0.6) is 0 Å². The van der Waals surface area contributed by atoms with Gasteiger partial charge in [-0.15, -0.1) is 23.1 Å². The van der Waals surface area contributed by atoms with Crippen molar-refractivity contribution >= 4 is 40.0 Å². The number of aromatic nitrogens is 1. The predicted molar refractivity (Wildman–Crippen MR) is 115 cm³/mol. The number of fused-ring (bicyclic) bond motifs is 1. The molecule has 0 aromatic carbocycles. The zero-order valence-corrected chi connectivity index (χ0v) is 18.3. The highest BCUT2D eigenvalue weighted by atomic mass is 32.2. The van der Waals surface area contributed by atoms with Crippen molar-refractivity contribution in [2.24, 2.45) is 5.92 Å². The molecule has 3 rings (SSSR count). The number of nitrogens with zero attached hydrogens (tertiary/aromatic N) is 2. The summed E-state index contributed by atoms with van der Waals surface area (Å²) in [7, 11) is 1.36. The number of thioether (sulfide) groups is 1. The first kappa shape index (κ1) is 21.3. The van der Waals surface area contributed by atoms with Gasteiger partial charge in [0.05, 0.1) is 18.2 Å². The smallest absolute Gasteiger partial charge is 0.341 e. The molecule has 2 heterocycles. The van der Waals surface area contributed by atoms with Crippen LogP contribution in [0.2, 0.25) is 0 Å². The van der Waals surface area contributed by atoms with Crippen LogP contribution in [0.4, 0.5) is 5.00 Å². The quantitative estimate of drug-likeness (QED) is 0.542. The van der Waals surface area contributed by atoms with Gasteiger partial charge in [-0.05, 0) is 49.8 Å². The van der Waals surface area contributed by atoms with Gasteiger partial charge in [-0.2, -0.15) is 5.26 Å². The summed E-state index contributed by atoms with van der Waals surface area (Å²) in [5.74, 6) is 0.500. The molecule has 0 spiro atoms. The molecule has 2 aromatic heterocycles. The van der Waals surface area contributed by atoms with E-state index in [4.69, 9.17) is 4.74 Å². The number of ether oxygens (including phenoxy) is 1. The molecular formula is C21H23N3O3S2. The zero-order chi connectivity index (χ0) is 21.0. The van der Waals surface area contributed by atoms with E-state index in [1.54, 1.807) is 12.1 Å². The van der Waals surface area contributed by atoms with E-state index in [1.807, 2.05) is 6.92 Å². The van der Waals surface area contributed by atoms with Crippen LogP contribution in [0.1, 0.15) is 51.8 Å². The second-order valence-electron chi connectivity index (χ2n) is 7.11. The van der Waals surface area contributed by atoms with Crippen LogP contribution in [0.15, 0.2) is 17.2 Å². The first-order valence-electron chi connectivity index (χ1n) is 9.46. The number of carbonyl (C=O) groups excluding carboxylic acids is 2. The Bertz CT molecular complexity index is 978. The van der Waals surface area contributed by atoms with Gasteiger partial charge in [0.15, 0.2) is 0 Å². The topological polar surface area (TPSA) is 92.1 Å². The highest BCUT2D eigenvalue weighted by molar-refractivity contribution is 7.99. The summed E-state index contributed by atoms with van der Waals surface area (Å²) in [6, 6.07) is 5.66. The van der Waals surface area contributed by atoms with E-state index in [0.717, 1.165) is 35.4 Å². The number of nitrogens with one attached hydrogen (secondary N) is 1. The lowest BCUT2D eigenvalue weighted by atomic mass is 9.88. The first-order chi connectivity index (χ1) is 13.9. The van der Waals surface area contributed by atoms with E-state index in [-0.39, 0.29) is 12.3 Å². The van der Waals surface area contributed by atoms with Crippen molar-refractivity contribution in [2.45, 2.75) is 44.6 Å². The summed E-state index contributed by atoms with van der Waals surface area (Å²) in [4.78, 5) is 30.4. The van der Waals surface area contributed by atoms with Gasteiger partial charge in [0, 0.05) is 22.7 Å². The predicted octanol–water partition coefficient (Wildman–Crippen LogP) is 4.36. The van der Waals surface area contributed by atoms with E-state index in [0.29, 0.717) is 32.8 Å². The monoisotopic (exact) mass is 429 g/mol. The van der Waals surface area contributed by atoms with Crippen LogP contribution in [0.25, 0.3) is 0 Å². The second-order valence-corrected chi connectivity index (χ2v) is 9.30. The maximum absolute atomic E-state index is 12.5. The summed E-state index contributed by atoms with van der Waals surface area (Å²) in [6.45, 7) is 4.07. The third-order valence-corrected chi connectivity index (χ3v) is 7.00. The van der Waals surface area contributed by atoms with Crippen LogP contribution in [0, 0.1) is 24.2 Å². The van der Waals surface area contributed by atoms with Gasteiger partial charge in [-0.25, -0.2) is 9.78 Å². The molecule has 0 bridgehead atoms. The molecule has 6 nitrogen and oxygen atoms in total. The van der Waals surface area contributed by atoms with Crippen molar-refractivity contribution in [3.63, 3.8) is 0 Å². The molecule has 8 heteroatoms. The number of amides is 1. The molecule has 152 valence electrons. The molecule has 0 saturated heterocycles. The van der Waals surface area contributed by atoms with E-state index >= 15 is 0 Å². The minimum atomic E-state index is -0.399. The maximum Gasteiger partial charge on any atom is 0.341 e. The van der Waals surface area contributed by atoms with Gasteiger partial charge in [0.25, 0.3) is 0 Å². The largest absolute Gasteiger partial charge is 0.465 e. The molecule has 29 heavy (non-hydrogen) atoms. The number of pyridine rings is 1. The van der Waals surface area contributed by atoms with Crippen molar-refractivity contribution < 1.29 is 14.3 Å². The average molecular weight is 430 g/mol. The Kier molecular flexibility index (Phi) is 6.93. The van der Waals surface area contributed by atoms with Crippen molar-refractivity contribution in [1.82, 2.24) is 4.98 Å². The molecule has 1 amide bonds. The molecular weight excluding hydrogens is 406 g/mol. The van der Waals surface area contributed by atoms with Gasteiger partial charge in [-0.1, -0.05) is 6.92 Å². The summed E-state index contributed by atoms with van der Waals surface area (Å²) >= 11 is 2.87. The van der Waals surface area contributed by atoms with Gasteiger partial charge in [-0.3, -0.25) is 4.79 Å². The van der Waals surface area contributed by atoms with Crippen LogP contribution < -0.4 is 5.32 Å². The zero-order valence-electron chi connectivity index (χ0n) is 16.7. The molecule has 1 unspecified atom stereocenters. The number of carbonyl (C=O) groups is 2. The average Bonchev–Trinajstić information content (AvgIpc) is 3.04. The van der Waals surface area contributed by atoms with Crippen LogP contribution >= 0.6 is 23.1 Å². The molecule has 2 aromatic rings. The van der Waals surface area contributed by atoms with Gasteiger partial charge in [0.1, 0.15) is 16.1 Å². The normalized spacial score (nSPS) is 15.3. The van der Waals surface area contributed by atoms with E-state index in [9.17, 15) is 14.9 Å². The number of nitriles is 1. The van der Waals surface area contributed by atoms with E-state index in [1.165, 1.54) is 30.2 Å². The number of anilines is 1. The standard InChI is InChI=1S/C21H23N3O3S2/c1-12-4-7-15-16(10-12)29-20(18(15)21(26)27-3)24-17(25)8-9-28-19-14(11-22)6-5-13(2)23-19/h5-6,12H,4,7-10H2,1-3H3,(H,24,25). The minimum absolute atomic E-state index is 0.166. The Morgan fingerprint density at radius 2 is 2.24 bits per heavy atom.